The van der Waals surface area contributed by atoms with Gasteiger partial charge in [0.05, 0.1) is 10.9 Å². The normalized spacial score (nSPS) is 14.0. The third-order valence-corrected chi connectivity index (χ3v) is 5.79. The summed E-state index contributed by atoms with van der Waals surface area (Å²) in [7, 11) is 0. The number of esters is 1. The van der Waals surface area contributed by atoms with Crippen LogP contribution in [0.25, 0.3) is 21.7 Å². The largest absolute Gasteiger partial charge is 0.494 e. The first kappa shape index (κ1) is 18.4. The van der Waals surface area contributed by atoms with Crippen molar-refractivity contribution in [1.82, 2.24) is 9.55 Å². The summed E-state index contributed by atoms with van der Waals surface area (Å²) in [6.07, 6.45) is 10.0. The number of benzene rings is 2. The fraction of sp³-hybridized carbons (Fsp3) is 0.200. The lowest BCUT2D eigenvalue weighted by Crippen LogP contribution is -2.09. The van der Waals surface area contributed by atoms with Gasteiger partial charge in [-0.25, -0.2) is 4.79 Å². The van der Waals surface area contributed by atoms with Crippen LogP contribution in [0.1, 0.15) is 28.8 Å². The van der Waals surface area contributed by atoms with Gasteiger partial charge in [0.2, 0.25) is 5.88 Å². The van der Waals surface area contributed by atoms with E-state index in [2.05, 4.69) is 17.1 Å². The first-order chi connectivity index (χ1) is 14.6. The van der Waals surface area contributed by atoms with Gasteiger partial charge in [0, 0.05) is 29.7 Å². The lowest BCUT2D eigenvalue weighted by molar-refractivity contribution is 0.0739. The van der Waals surface area contributed by atoms with Gasteiger partial charge in [-0.2, -0.15) is 0 Å². The summed E-state index contributed by atoms with van der Waals surface area (Å²) in [5.41, 5.74) is 2.06. The van der Waals surface area contributed by atoms with Crippen LogP contribution in [0.3, 0.4) is 0 Å². The second-order valence-corrected chi connectivity index (χ2v) is 7.86. The van der Waals surface area contributed by atoms with E-state index >= 15 is 0 Å². The molecule has 0 saturated heterocycles. The zero-order valence-electron chi connectivity index (χ0n) is 16.7. The number of carbonyl (C=O) groups is 1. The van der Waals surface area contributed by atoms with Crippen LogP contribution in [0.5, 0.6) is 11.6 Å². The lowest BCUT2D eigenvalue weighted by atomic mass is 10.1. The maximum Gasteiger partial charge on any atom is 0.343 e. The summed E-state index contributed by atoms with van der Waals surface area (Å²) in [5, 5.41) is 13.3. The third-order valence-electron chi connectivity index (χ3n) is 5.79. The van der Waals surface area contributed by atoms with Gasteiger partial charge in [-0.15, -0.1) is 0 Å². The Bertz CT molecular complexity index is 1280. The first-order valence-corrected chi connectivity index (χ1v) is 10.1. The highest BCUT2D eigenvalue weighted by Crippen LogP contribution is 2.42. The van der Waals surface area contributed by atoms with E-state index in [0.717, 1.165) is 29.2 Å². The highest BCUT2D eigenvalue weighted by molar-refractivity contribution is 6.09. The van der Waals surface area contributed by atoms with Crippen LogP contribution < -0.4 is 4.74 Å². The molecule has 5 nitrogen and oxygen atoms in total. The van der Waals surface area contributed by atoms with Crippen LogP contribution in [0.2, 0.25) is 0 Å². The van der Waals surface area contributed by atoms with E-state index in [1.807, 2.05) is 35.9 Å². The number of rotatable bonds is 4. The molecule has 0 unspecified atom stereocenters. The number of ether oxygens (including phenoxy) is 1. The molecule has 150 valence electrons. The van der Waals surface area contributed by atoms with Crippen LogP contribution in [-0.2, 0) is 6.54 Å². The average Bonchev–Trinajstić information content (AvgIpc) is 3.38. The molecule has 1 aliphatic carbocycles. The summed E-state index contributed by atoms with van der Waals surface area (Å²) >= 11 is 0. The Labute approximate surface area is 174 Å². The van der Waals surface area contributed by atoms with Crippen molar-refractivity contribution in [1.29, 1.82) is 0 Å². The van der Waals surface area contributed by atoms with Crippen LogP contribution in [0.4, 0.5) is 0 Å². The van der Waals surface area contributed by atoms with Gasteiger partial charge in [0.25, 0.3) is 0 Å². The molecule has 0 spiro atoms. The summed E-state index contributed by atoms with van der Waals surface area (Å²) in [5.74, 6) is 0.404. The SMILES string of the molecule is Cc1ccnc2c(OC(=O)c3ccccc3)c3c(O)n(CC4CC=CC4)cc3cc12. The molecule has 4 aromatic rings. The molecule has 0 amide bonds. The van der Waals surface area contributed by atoms with Gasteiger partial charge in [-0.05, 0) is 55.5 Å². The number of aromatic nitrogens is 2. The molecular formula is C25H22N2O3. The molecule has 0 aliphatic heterocycles. The molecule has 1 aliphatic rings. The van der Waals surface area contributed by atoms with Crippen molar-refractivity contribution in [2.45, 2.75) is 26.3 Å². The highest BCUT2D eigenvalue weighted by Gasteiger charge is 2.23. The van der Waals surface area contributed by atoms with Gasteiger partial charge in [-0.3, -0.25) is 4.98 Å². The molecule has 30 heavy (non-hydrogen) atoms. The van der Waals surface area contributed by atoms with Crippen LogP contribution in [0.15, 0.2) is 67.0 Å². The van der Waals surface area contributed by atoms with Crippen molar-refractivity contribution in [2.24, 2.45) is 5.92 Å². The summed E-state index contributed by atoms with van der Waals surface area (Å²) in [6, 6.07) is 12.8. The predicted molar refractivity (Wildman–Crippen MR) is 117 cm³/mol. The van der Waals surface area contributed by atoms with E-state index in [1.165, 1.54) is 0 Å². The van der Waals surface area contributed by atoms with Crippen molar-refractivity contribution in [3.63, 3.8) is 0 Å². The van der Waals surface area contributed by atoms with Crippen molar-refractivity contribution < 1.29 is 14.6 Å². The van der Waals surface area contributed by atoms with Gasteiger partial charge in [0.1, 0.15) is 5.52 Å². The molecule has 2 heterocycles. The predicted octanol–water partition coefficient (Wildman–Crippen LogP) is 5.39. The fourth-order valence-electron chi connectivity index (χ4n) is 4.18. The minimum absolute atomic E-state index is 0.109. The second kappa shape index (κ2) is 7.34. The number of hydrogen-bond acceptors (Lipinski definition) is 4. The first-order valence-electron chi connectivity index (χ1n) is 10.1. The van der Waals surface area contributed by atoms with Gasteiger partial charge in [0.15, 0.2) is 5.75 Å². The zero-order valence-corrected chi connectivity index (χ0v) is 16.7. The van der Waals surface area contributed by atoms with Crippen LogP contribution in [-0.4, -0.2) is 20.6 Å². The Morgan fingerprint density at radius 2 is 1.97 bits per heavy atom. The van der Waals surface area contributed by atoms with Crippen LogP contribution >= 0.6 is 0 Å². The average molecular weight is 398 g/mol. The van der Waals surface area contributed by atoms with Crippen LogP contribution in [0, 0.1) is 12.8 Å². The van der Waals surface area contributed by atoms with Crippen molar-refractivity contribution >= 4 is 27.6 Å². The number of carbonyl (C=O) groups excluding carboxylic acids is 1. The molecular weight excluding hydrogens is 376 g/mol. The third kappa shape index (κ3) is 3.12. The quantitative estimate of drug-likeness (QED) is 0.284. The van der Waals surface area contributed by atoms with E-state index in [1.54, 1.807) is 30.5 Å². The maximum absolute atomic E-state index is 12.8. The maximum atomic E-state index is 12.8. The summed E-state index contributed by atoms with van der Waals surface area (Å²) < 4.78 is 7.72. The Kier molecular flexibility index (Phi) is 4.51. The van der Waals surface area contributed by atoms with E-state index < -0.39 is 5.97 Å². The molecule has 0 fully saturated rings. The molecule has 0 saturated carbocycles. The Morgan fingerprint density at radius 3 is 2.73 bits per heavy atom. The van der Waals surface area contributed by atoms with Crippen molar-refractivity contribution in [3.8, 4) is 11.6 Å². The molecule has 5 heteroatoms. The molecule has 2 aromatic carbocycles. The van der Waals surface area contributed by atoms with Gasteiger partial charge in [-0.1, -0.05) is 30.4 Å². The minimum Gasteiger partial charge on any atom is -0.494 e. The Balaban J connectivity index is 1.67. The highest BCUT2D eigenvalue weighted by atomic mass is 16.5. The Morgan fingerprint density at radius 1 is 1.20 bits per heavy atom. The summed E-state index contributed by atoms with van der Waals surface area (Å²) in [4.78, 5) is 17.3. The van der Waals surface area contributed by atoms with E-state index in [9.17, 15) is 9.90 Å². The molecule has 0 bridgehead atoms. The topological polar surface area (TPSA) is 64.3 Å². The minimum atomic E-state index is -0.472. The monoisotopic (exact) mass is 398 g/mol. The molecule has 0 atom stereocenters. The number of nitrogens with zero attached hydrogens (tertiary/aromatic N) is 2. The lowest BCUT2D eigenvalue weighted by Gasteiger charge is -2.12. The van der Waals surface area contributed by atoms with Gasteiger partial charge >= 0.3 is 5.97 Å². The number of aromatic hydroxyl groups is 1. The zero-order chi connectivity index (χ0) is 20.7. The van der Waals surface area contributed by atoms with E-state index in [0.29, 0.717) is 34.7 Å². The van der Waals surface area contributed by atoms with Crippen molar-refractivity contribution in [3.05, 3.63) is 78.1 Å². The van der Waals surface area contributed by atoms with E-state index in [4.69, 9.17) is 4.74 Å². The number of aryl methyl sites for hydroxylation is 1. The number of hydrogen-bond donors (Lipinski definition) is 1. The molecule has 0 radical (unpaired) electrons. The molecule has 5 rings (SSSR count). The number of fused-ring (bicyclic) bond motifs is 2. The second-order valence-electron chi connectivity index (χ2n) is 7.86. The number of allylic oxidation sites excluding steroid dienone is 2. The standard InChI is InChI=1S/C25H22N2O3/c1-16-11-12-26-22-20(16)13-19-15-27(14-17-7-5-6-8-17)24(28)21(19)23(22)30-25(29)18-9-3-2-4-10-18/h2-6,9-13,15,17,28H,7-8,14H2,1H3. The van der Waals surface area contributed by atoms with Crippen molar-refractivity contribution in [2.75, 3.05) is 0 Å². The molecule has 2 aromatic heterocycles. The Hall–Kier alpha value is -3.60. The van der Waals surface area contributed by atoms with Gasteiger partial charge < -0.3 is 14.4 Å². The van der Waals surface area contributed by atoms with E-state index in [-0.39, 0.29) is 5.88 Å². The summed E-state index contributed by atoms with van der Waals surface area (Å²) in [6.45, 7) is 2.71. The smallest absolute Gasteiger partial charge is 0.343 e. The molecule has 1 N–H and O–H groups in total. The fourth-order valence-corrected chi connectivity index (χ4v) is 4.18. The number of pyridine rings is 1.